The third-order valence-corrected chi connectivity index (χ3v) is 5.06. The molecular formula is C19H29N3O3. The number of hydrogen-bond donors (Lipinski definition) is 2. The van der Waals surface area contributed by atoms with Gasteiger partial charge < -0.3 is 20.7 Å². The summed E-state index contributed by atoms with van der Waals surface area (Å²) in [5.41, 5.74) is 6.09. The lowest BCUT2D eigenvalue weighted by atomic mass is 9.87. The normalized spacial score (nSPS) is 19.8. The molecule has 3 N–H and O–H groups in total. The fourth-order valence-electron chi connectivity index (χ4n) is 2.89. The van der Waals surface area contributed by atoms with Gasteiger partial charge in [0, 0.05) is 19.5 Å². The standard InChI is InChI=1S/C19H29N3O3/c1-5-25-16-9-7-6-8-15(16)22-11-14(10-17(22)23)18(24)21-19(4,12-20)13(2)3/h6-9,13-14H,5,10-12,20H2,1-4H3,(H,21,24). The number of para-hydroxylation sites is 2. The number of amides is 2. The molecule has 2 unspecified atom stereocenters. The first-order chi connectivity index (χ1) is 11.8. The second-order valence-corrected chi connectivity index (χ2v) is 7.07. The van der Waals surface area contributed by atoms with Gasteiger partial charge in [0.2, 0.25) is 11.8 Å². The van der Waals surface area contributed by atoms with Gasteiger partial charge in [0.05, 0.1) is 23.8 Å². The van der Waals surface area contributed by atoms with Crippen LogP contribution in [0.3, 0.4) is 0 Å². The Morgan fingerprint density at radius 2 is 2.12 bits per heavy atom. The van der Waals surface area contributed by atoms with E-state index in [4.69, 9.17) is 10.5 Å². The van der Waals surface area contributed by atoms with Crippen LogP contribution in [0.15, 0.2) is 24.3 Å². The van der Waals surface area contributed by atoms with E-state index in [2.05, 4.69) is 5.32 Å². The van der Waals surface area contributed by atoms with Crippen LogP contribution in [0.5, 0.6) is 5.75 Å². The van der Waals surface area contributed by atoms with Crippen LogP contribution in [-0.4, -0.2) is 37.0 Å². The lowest BCUT2D eigenvalue weighted by Gasteiger charge is -2.34. The van der Waals surface area contributed by atoms with Crippen molar-refractivity contribution in [2.75, 3.05) is 24.6 Å². The van der Waals surface area contributed by atoms with Gasteiger partial charge in [-0.3, -0.25) is 9.59 Å². The largest absolute Gasteiger partial charge is 0.492 e. The maximum atomic E-state index is 12.7. The molecule has 25 heavy (non-hydrogen) atoms. The highest BCUT2D eigenvalue weighted by atomic mass is 16.5. The molecule has 0 spiro atoms. The Morgan fingerprint density at radius 3 is 2.72 bits per heavy atom. The summed E-state index contributed by atoms with van der Waals surface area (Å²) in [4.78, 5) is 26.8. The highest BCUT2D eigenvalue weighted by Gasteiger charge is 2.39. The topological polar surface area (TPSA) is 84.7 Å². The van der Waals surface area contributed by atoms with Gasteiger partial charge in [-0.1, -0.05) is 26.0 Å². The summed E-state index contributed by atoms with van der Waals surface area (Å²) >= 11 is 0. The van der Waals surface area contributed by atoms with E-state index in [1.165, 1.54) is 0 Å². The predicted molar refractivity (Wildman–Crippen MR) is 98.5 cm³/mol. The number of nitrogens with zero attached hydrogens (tertiary/aromatic N) is 1. The van der Waals surface area contributed by atoms with Gasteiger partial charge in [-0.25, -0.2) is 0 Å². The van der Waals surface area contributed by atoms with Gasteiger partial charge >= 0.3 is 0 Å². The zero-order valence-corrected chi connectivity index (χ0v) is 15.5. The Labute approximate surface area is 149 Å². The molecule has 0 saturated carbocycles. The Kier molecular flexibility index (Phi) is 6.06. The smallest absolute Gasteiger partial charge is 0.227 e. The van der Waals surface area contributed by atoms with Crippen molar-refractivity contribution < 1.29 is 14.3 Å². The van der Waals surface area contributed by atoms with Crippen LogP contribution in [0.1, 0.15) is 34.1 Å². The summed E-state index contributed by atoms with van der Waals surface area (Å²) in [6, 6.07) is 7.42. The van der Waals surface area contributed by atoms with E-state index in [0.717, 1.165) is 5.69 Å². The Bertz CT molecular complexity index is 632. The number of benzene rings is 1. The fourth-order valence-corrected chi connectivity index (χ4v) is 2.89. The summed E-state index contributed by atoms with van der Waals surface area (Å²) in [5.74, 6) is 0.297. The monoisotopic (exact) mass is 347 g/mol. The second kappa shape index (κ2) is 7.87. The number of ether oxygens (including phenoxy) is 1. The Morgan fingerprint density at radius 1 is 1.44 bits per heavy atom. The molecule has 0 radical (unpaired) electrons. The SMILES string of the molecule is CCOc1ccccc1N1CC(C(=O)NC(C)(CN)C(C)C)CC1=O. The quantitative estimate of drug-likeness (QED) is 0.789. The molecule has 0 aliphatic carbocycles. The third-order valence-electron chi connectivity index (χ3n) is 5.06. The Hall–Kier alpha value is -2.08. The average molecular weight is 347 g/mol. The van der Waals surface area contributed by atoms with E-state index in [9.17, 15) is 9.59 Å². The summed E-state index contributed by atoms with van der Waals surface area (Å²) in [6.45, 7) is 9.12. The third kappa shape index (κ3) is 4.12. The van der Waals surface area contributed by atoms with Gasteiger partial charge in [-0.15, -0.1) is 0 Å². The molecule has 138 valence electrons. The van der Waals surface area contributed by atoms with E-state index in [-0.39, 0.29) is 30.1 Å². The first-order valence-corrected chi connectivity index (χ1v) is 8.86. The van der Waals surface area contributed by atoms with Crippen molar-refractivity contribution in [3.8, 4) is 5.75 Å². The van der Waals surface area contributed by atoms with E-state index in [1.807, 2.05) is 52.0 Å². The van der Waals surface area contributed by atoms with Crippen molar-refractivity contribution in [2.45, 2.75) is 39.7 Å². The van der Waals surface area contributed by atoms with Crippen LogP contribution in [-0.2, 0) is 9.59 Å². The van der Waals surface area contributed by atoms with Crippen LogP contribution in [0.4, 0.5) is 5.69 Å². The van der Waals surface area contributed by atoms with Gasteiger partial charge in [-0.05, 0) is 31.9 Å². The summed E-state index contributed by atoms with van der Waals surface area (Å²) < 4.78 is 5.61. The molecule has 6 nitrogen and oxygen atoms in total. The maximum absolute atomic E-state index is 12.7. The lowest BCUT2D eigenvalue weighted by Crippen LogP contribution is -2.56. The highest BCUT2D eigenvalue weighted by Crippen LogP contribution is 2.33. The molecule has 1 fully saturated rings. The predicted octanol–water partition coefficient (Wildman–Crippen LogP) is 1.93. The molecule has 2 amide bonds. The van der Waals surface area contributed by atoms with Crippen molar-refractivity contribution in [2.24, 2.45) is 17.6 Å². The molecule has 2 rings (SSSR count). The summed E-state index contributed by atoms with van der Waals surface area (Å²) in [7, 11) is 0. The van der Waals surface area contributed by atoms with Crippen molar-refractivity contribution in [3.63, 3.8) is 0 Å². The zero-order chi connectivity index (χ0) is 18.6. The minimum absolute atomic E-state index is 0.0636. The van der Waals surface area contributed by atoms with Gasteiger partial charge in [0.15, 0.2) is 0 Å². The first-order valence-electron chi connectivity index (χ1n) is 8.86. The molecule has 1 aliphatic heterocycles. The van der Waals surface area contributed by atoms with Crippen LogP contribution in [0.25, 0.3) is 0 Å². The first kappa shape index (κ1) is 19.2. The molecule has 1 heterocycles. The number of carbonyl (C=O) groups is 2. The van der Waals surface area contributed by atoms with Crippen LogP contribution >= 0.6 is 0 Å². The van der Waals surface area contributed by atoms with Crippen molar-refractivity contribution in [3.05, 3.63) is 24.3 Å². The number of nitrogens with one attached hydrogen (secondary N) is 1. The van der Waals surface area contributed by atoms with E-state index >= 15 is 0 Å². The number of hydrogen-bond acceptors (Lipinski definition) is 4. The molecule has 1 saturated heterocycles. The van der Waals surface area contributed by atoms with Gasteiger partial charge in [0.25, 0.3) is 0 Å². The molecule has 6 heteroatoms. The van der Waals surface area contributed by atoms with Crippen molar-refractivity contribution in [1.82, 2.24) is 5.32 Å². The minimum Gasteiger partial charge on any atom is -0.492 e. The van der Waals surface area contributed by atoms with Crippen molar-refractivity contribution in [1.29, 1.82) is 0 Å². The van der Waals surface area contributed by atoms with Gasteiger partial charge in [0.1, 0.15) is 5.75 Å². The number of rotatable bonds is 7. The molecule has 1 aromatic rings. The highest BCUT2D eigenvalue weighted by molar-refractivity contribution is 6.01. The van der Waals surface area contributed by atoms with Gasteiger partial charge in [-0.2, -0.15) is 0 Å². The minimum atomic E-state index is -0.475. The summed E-state index contributed by atoms with van der Waals surface area (Å²) in [5, 5.41) is 3.04. The van der Waals surface area contributed by atoms with Crippen LogP contribution in [0, 0.1) is 11.8 Å². The van der Waals surface area contributed by atoms with E-state index in [1.54, 1.807) is 4.90 Å². The number of carbonyl (C=O) groups excluding carboxylic acids is 2. The number of nitrogens with two attached hydrogens (primary N) is 1. The van der Waals surface area contributed by atoms with Crippen LogP contribution in [0.2, 0.25) is 0 Å². The average Bonchev–Trinajstić information content (AvgIpc) is 2.97. The molecule has 1 aliphatic rings. The lowest BCUT2D eigenvalue weighted by molar-refractivity contribution is -0.128. The van der Waals surface area contributed by atoms with Crippen LogP contribution < -0.4 is 20.7 Å². The molecule has 0 bridgehead atoms. The second-order valence-electron chi connectivity index (χ2n) is 7.07. The van der Waals surface area contributed by atoms with E-state index in [0.29, 0.717) is 25.4 Å². The maximum Gasteiger partial charge on any atom is 0.227 e. The fraction of sp³-hybridized carbons (Fsp3) is 0.579. The summed E-state index contributed by atoms with van der Waals surface area (Å²) in [6.07, 6.45) is 0.199. The molecule has 0 aromatic heterocycles. The van der Waals surface area contributed by atoms with E-state index < -0.39 is 5.54 Å². The zero-order valence-electron chi connectivity index (χ0n) is 15.5. The van der Waals surface area contributed by atoms with Crippen molar-refractivity contribution >= 4 is 17.5 Å². The molecular weight excluding hydrogens is 318 g/mol. The Balaban J connectivity index is 2.14. The number of anilines is 1. The molecule has 1 aromatic carbocycles. The molecule has 2 atom stereocenters.